The zero-order valence-electron chi connectivity index (χ0n) is 11.9. The fourth-order valence-corrected chi connectivity index (χ4v) is 1.66. The predicted octanol–water partition coefficient (Wildman–Crippen LogP) is 3.21. The Bertz CT molecular complexity index is 337. The molecular weight excluding hydrogens is 214 g/mol. The smallest absolute Gasteiger partial charge is 0.243 e. The van der Waals surface area contributed by atoms with Gasteiger partial charge in [0.1, 0.15) is 0 Å². The summed E-state index contributed by atoms with van der Waals surface area (Å²) in [4.78, 5) is 4.46. The molecule has 0 fully saturated rings. The second-order valence-corrected chi connectivity index (χ2v) is 5.61. The standard InChI is InChI=1S/C13H25N3O/c1-7-10(8-2)14-9(3)11-15-12(16-17-11)13(4,5)6/h9-10,14H,7-8H2,1-6H3. The fraction of sp³-hybridized carbons (Fsp3) is 0.846. The monoisotopic (exact) mass is 239 g/mol. The van der Waals surface area contributed by atoms with Crippen LogP contribution in [0.15, 0.2) is 4.52 Å². The van der Waals surface area contributed by atoms with Gasteiger partial charge in [-0.25, -0.2) is 0 Å². The summed E-state index contributed by atoms with van der Waals surface area (Å²) in [5, 5.41) is 7.54. The maximum absolute atomic E-state index is 5.32. The van der Waals surface area contributed by atoms with E-state index in [9.17, 15) is 0 Å². The minimum Gasteiger partial charge on any atom is -0.338 e. The van der Waals surface area contributed by atoms with Crippen molar-refractivity contribution in [2.24, 2.45) is 0 Å². The van der Waals surface area contributed by atoms with Gasteiger partial charge in [-0.15, -0.1) is 0 Å². The maximum Gasteiger partial charge on any atom is 0.243 e. The van der Waals surface area contributed by atoms with Crippen molar-refractivity contribution in [2.45, 2.75) is 71.9 Å². The zero-order chi connectivity index (χ0) is 13.1. The summed E-state index contributed by atoms with van der Waals surface area (Å²) in [7, 11) is 0. The van der Waals surface area contributed by atoms with Crippen molar-refractivity contribution < 1.29 is 4.52 Å². The van der Waals surface area contributed by atoms with Crippen molar-refractivity contribution in [3.63, 3.8) is 0 Å². The molecule has 0 radical (unpaired) electrons. The lowest BCUT2D eigenvalue weighted by molar-refractivity contribution is 0.312. The molecule has 1 atom stereocenters. The Labute approximate surface area is 104 Å². The summed E-state index contributed by atoms with van der Waals surface area (Å²) >= 11 is 0. The van der Waals surface area contributed by atoms with Crippen molar-refractivity contribution in [1.82, 2.24) is 15.5 Å². The first-order valence-corrected chi connectivity index (χ1v) is 6.48. The second-order valence-electron chi connectivity index (χ2n) is 5.61. The average Bonchev–Trinajstić information content (AvgIpc) is 2.74. The van der Waals surface area contributed by atoms with Gasteiger partial charge in [-0.2, -0.15) is 4.98 Å². The Morgan fingerprint density at radius 3 is 2.24 bits per heavy atom. The molecule has 0 bridgehead atoms. The normalized spacial score (nSPS) is 14.3. The Morgan fingerprint density at radius 1 is 1.24 bits per heavy atom. The third kappa shape index (κ3) is 3.80. The molecule has 0 aliphatic carbocycles. The molecule has 1 aromatic heterocycles. The minimum absolute atomic E-state index is 0.0591. The molecule has 17 heavy (non-hydrogen) atoms. The molecule has 1 aromatic rings. The van der Waals surface area contributed by atoms with Gasteiger partial charge in [0.25, 0.3) is 0 Å². The molecule has 1 N–H and O–H groups in total. The van der Waals surface area contributed by atoms with E-state index in [2.05, 4.69) is 57.0 Å². The highest BCUT2D eigenvalue weighted by Gasteiger charge is 2.23. The van der Waals surface area contributed by atoms with Gasteiger partial charge >= 0.3 is 0 Å². The van der Waals surface area contributed by atoms with E-state index in [0.717, 1.165) is 18.7 Å². The van der Waals surface area contributed by atoms with E-state index in [-0.39, 0.29) is 11.5 Å². The number of rotatable bonds is 5. The van der Waals surface area contributed by atoms with Crippen LogP contribution < -0.4 is 5.32 Å². The molecule has 0 aliphatic heterocycles. The van der Waals surface area contributed by atoms with Gasteiger partial charge in [0.15, 0.2) is 5.82 Å². The molecule has 1 rings (SSSR count). The number of nitrogens with one attached hydrogen (secondary N) is 1. The van der Waals surface area contributed by atoms with Crippen LogP contribution in [0.5, 0.6) is 0 Å². The lowest BCUT2D eigenvalue weighted by atomic mass is 9.96. The number of nitrogens with zero attached hydrogens (tertiary/aromatic N) is 2. The highest BCUT2D eigenvalue weighted by Crippen LogP contribution is 2.21. The van der Waals surface area contributed by atoms with Crippen LogP contribution in [0.3, 0.4) is 0 Å². The Morgan fingerprint density at radius 2 is 1.82 bits per heavy atom. The van der Waals surface area contributed by atoms with E-state index >= 15 is 0 Å². The Kier molecular flexibility index (Phi) is 4.69. The maximum atomic E-state index is 5.32. The van der Waals surface area contributed by atoms with Crippen LogP contribution in [0.25, 0.3) is 0 Å². The summed E-state index contributed by atoms with van der Waals surface area (Å²) < 4.78 is 5.32. The summed E-state index contributed by atoms with van der Waals surface area (Å²) in [6, 6.07) is 0.624. The molecule has 0 spiro atoms. The van der Waals surface area contributed by atoms with Crippen molar-refractivity contribution in [3.8, 4) is 0 Å². The van der Waals surface area contributed by atoms with Gasteiger partial charge in [-0.05, 0) is 19.8 Å². The molecule has 4 nitrogen and oxygen atoms in total. The number of hydrogen-bond acceptors (Lipinski definition) is 4. The van der Waals surface area contributed by atoms with E-state index in [0.29, 0.717) is 11.9 Å². The van der Waals surface area contributed by atoms with E-state index in [4.69, 9.17) is 4.52 Å². The van der Waals surface area contributed by atoms with Crippen LogP contribution >= 0.6 is 0 Å². The van der Waals surface area contributed by atoms with Crippen LogP contribution in [0.4, 0.5) is 0 Å². The number of aromatic nitrogens is 2. The molecular formula is C13H25N3O. The minimum atomic E-state index is -0.0591. The predicted molar refractivity (Wildman–Crippen MR) is 68.9 cm³/mol. The first-order valence-electron chi connectivity index (χ1n) is 6.48. The second kappa shape index (κ2) is 5.63. The molecule has 4 heteroatoms. The summed E-state index contributed by atoms with van der Waals surface area (Å²) in [6.07, 6.45) is 2.22. The Hall–Kier alpha value is -0.900. The molecule has 0 aliphatic rings. The highest BCUT2D eigenvalue weighted by molar-refractivity contribution is 5.01. The fourth-order valence-electron chi connectivity index (χ4n) is 1.66. The summed E-state index contributed by atoms with van der Waals surface area (Å²) in [5.74, 6) is 1.45. The van der Waals surface area contributed by atoms with Gasteiger partial charge in [0.2, 0.25) is 5.89 Å². The molecule has 0 amide bonds. The van der Waals surface area contributed by atoms with Gasteiger partial charge in [0.05, 0.1) is 6.04 Å². The molecule has 0 saturated heterocycles. The van der Waals surface area contributed by atoms with Crippen LogP contribution in [0, 0.1) is 0 Å². The lowest BCUT2D eigenvalue weighted by Gasteiger charge is -2.18. The molecule has 0 saturated carbocycles. The summed E-state index contributed by atoms with van der Waals surface area (Å²) in [6.45, 7) is 12.7. The van der Waals surface area contributed by atoms with Gasteiger partial charge in [0, 0.05) is 11.5 Å². The van der Waals surface area contributed by atoms with Crippen molar-refractivity contribution in [3.05, 3.63) is 11.7 Å². The average molecular weight is 239 g/mol. The van der Waals surface area contributed by atoms with Gasteiger partial charge in [-0.3, -0.25) is 0 Å². The van der Waals surface area contributed by atoms with E-state index in [1.807, 2.05) is 0 Å². The van der Waals surface area contributed by atoms with Crippen LogP contribution in [0.2, 0.25) is 0 Å². The topological polar surface area (TPSA) is 51.0 Å². The van der Waals surface area contributed by atoms with E-state index in [1.54, 1.807) is 0 Å². The molecule has 1 unspecified atom stereocenters. The van der Waals surface area contributed by atoms with Crippen molar-refractivity contribution in [1.29, 1.82) is 0 Å². The molecule has 1 heterocycles. The summed E-state index contributed by atoms with van der Waals surface area (Å²) in [5.41, 5.74) is -0.0591. The zero-order valence-corrected chi connectivity index (χ0v) is 11.9. The first-order chi connectivity index (χ1) is 7.88. The number of hydrogen-bond donors (Lipinski definition) is 1. The van der Waals surface area contributed by atoms with Crippen molar-refractivity contribution in [2.75, 3.05) is 0 Å². The third-order valence-corrected chi connectivity index (χ3v) is 2.95. The van der Waals surface area contributed by atoms with Crippen LogP contribution in [0.1, 0.15) is 72.1 Å². The molecule has 0 aromatic carbocycles. The van der Waals surface area contributed by atoms with E-state index < -0.39 is 0 Å². The molecule has 98 valence electrons. The third-order valence-electron chi connectivity index (χ3n) is 2.95. The SMILES string of the molecule is CCC(CC)NC(C)c1nc(C(C)(C)C)no1. The highest BCUT2D eigenvalue weighted by atomic mass is 16.5. The van der Waals surface area contributed by atoms with Gasteiger partial charge in [-0.1, -0.05) is 39.8 Å². The van der Waals surface area contributed by atoms with Crippen LogP contribution in [-0.4, -0.2) is 16.2 Å². The van der Waals surface area contributed by atoms with Crippen LogP contribution in [-0.2, 0) is 5.41 Å². The largest absolute Gasteiger partial charge is 0.338 e. The first kappa shape index (κ1) is 14.2. The lowest BCUT2D eigenvalue weighted by Crippen LogP contribution is -2.30. The Balaban J connectivity index is 2.70. The van der Waals surface area contributed by atoms with Gasteiger partial charge < -0.3 is 9.84 Å². The van der Waals surface area contributed by atoms with E-state index in [1.165, 1.54) is 0 Å². The van der Waals surface area contributed by atoms with Crippen molar-refractivity contribution >= 4 is 0 Å². The quantitative estimate of drug-likeness (QED) is 0.857.